The van der Waals surface area contributed by atoms with Crippen LogP contribution in [0, 0.1) is 17.0 Å². The number of aliphatic hydroxyl groups excluding tert-OH is 1. The van der Waals surface area contributed by atoms with Gasteiger partial charge in [-0.25, -0.2) is 8.42 Å². The monoisotopic (exact) mass is 581 g/mol. The average Bonchev–Trinajstić information content (AvgIpc) is 2.93. The Morgan fingerprint density at radius 2 is 1.27 bits per heavy atom. The molecule has 1 N–H and O–H groups in total. The molecule has 0 amide bonds. The molecule has 0 heterocycles. The summed E-state index contributed by atoms with van der Waals surface area (Å²) < 4.78 is 28.7. The third kappa shape index (κ3) is 7.89. The van der Waals surface area contributed by atoms with Crippen LogP contribution in [-0.4, -0.2) is 42.5 Å². The molecule has 0 aliphatic rings. The Bertz CT molecular complexity index is 1450. The fourth-order valence-electron chi connectivity index (χ4n) is 4.41. The van der Waals surface area contributed by atoms with Gasteiger partial charge >= 0.3 is 0 Å². The van der Waals surface area contributed by atoms with Crippen LogP contribution >= 0.6 is 12.4 Å². The maximum Gasteiger partial charge on any atom is 0.289 e. The normalized spacial score (nSPS) is 12.0. The minimum absolute atomic E-state index is 0. The van der Waals surface area contributed by atoms with E-state index in [1.54, 1.807) is 24.3 Å². The minimum atomic E-state index is -4.38. The van der Waals surface area contributed by atoms with Crippen molar-refractivity contribution in [3.05, 3.63) is 136 Å². The molecule has 1 atom stereocenters. The topological polar surface area (TPSA) is 104 Å². The summed E-state index contributed by atoms with van der Waals surface area (Å²) in [5.41, 5.74) is 2.85. The lowest BCUT2D eigenvalue weighted by molar-refractivity contribution is -0.387. The van der Waals surface area contributed by atoms with Crippen LogP contribution in [0.4, 0.5) is 11.4 Å². The molecule has 0 fully saturated rings. The first-order valence-corrected chi connectivity index (χ1v) is 14.0. The Morgan fingerprint density at radius 1 is 0.775 bits per heavy atom. The summed E-state index contributed by atoms with van der Waals surface area (Å²) in [6.45, 7) is 2.88. The molecule has 210 valence electrons. The zero-order chi connectivity index (χ0) is 27.8. The van der Waals surface area contributed by atoms with Crippen molar-refractivity contribution < 1.29 is 18.4 Å². The second kappa shape index (κ2) is 14.0. The summed E-state index contributed by atoms with van der Waals surface area (Å²) in [5.74, 6) is 0. The van der Waals surface area contributed by atoms with Crippen molar-refractivity contribution in [1.82, 2.24) is 4.90 Å². The first kappa shape index (κ1) is 30.8. The van der Waals surface area contributed by atoms with Gasteiger partial charge in [0.25, 0.3) is 15.7 Å². The lowest BCUT2D eigenvalue weighted by atomic mass is 10.1. The molecule has 8 nitrogen and oxygen atoms in total. The lowest BCUT2D eigenvalue weighted by Gasteiger charge is -2.30. The van der Waals surface area contributed by atoms with Crippen molar-refractivity contribution in [2.45, 2.75) is 31.0 Å². The molecule has 0 radical (unpaired) electrons. The molecule has 0 saturated heterocycles. The van der Waals surface area contributed by atoms with Gasteiger partial charge in [0.15, 0.2) is 4.90 Å². The highest BCUT2D eigenvalue weighted by molar-refractivity contribution is 7.93. The van der Waals surface area contributed by atoms with Gasteiger partial charge in [-0.15, -0.1) is 12.4 Å². The molecular weight excluding hydrogens is 550 g/mol. The van der Waals surface area contributed by atoms with Crippen molar-refractivity contribution in [3.8, 4) is 0 Å². The van der Waals surface area contributed by atoms with E-state index in [0.29, 0.717) is 18.8 Å². The zero-order valence-electron chi connectivity index (χ0n) is 22.0. The van der Waals surface area contributed by atoms with Crippen LogP contribution in [0.3, 0.4) is 0 Å². The summed E-state index contributed by atoms with van der Waals surface area (Å²) in [5, 5.41) is 22.9. The Hall–Kier alpha value is -3.76. The number of aryl methyl sites for hydroxylation is 1. The summed E-state index contributed by atoms with van der Waals surface area (Å²) in [6.07, 6.45) is -1.09. The summed E-state index contributed by atoms with van der Waals surface area (Å²) in [7, 11) is -4.38. The van der Waals surface area contributed by atoms with E-state index in [9.17, 15) is 23.6 Å². The molecule has 0 aliphatic carbocycles. The molecule has 0 saturated carbocycles. The van der Waals surface area contributed by atoms with Crippen LogP contribution in [0.15, 0.2) is 114 Å². The molecule has 0 bridgehead atoms. The molecule has 10 heteroatoms. The largest absolute Gasteiger partial charge is 0.390 e. The molecule has 4 aromatic rings. The number of nitro benzene ring substituents is 1. The molecule has 0 aromatic heterocycles. The van der Waals surface area contributed by atoms with Gasteiger partial charge in [-0.2, -0.15) is 0 Å². The van der Waals surface area contributed by atoms with E-state index < -0.39 is 31.6 Å². The van der Waals surface area contributed by atoms with Crippen molar-refractivity contribution in [1.29, 1.82) is 0 Å². The van der Waals surface area contributed by atoms with Crippen LogP contribution in [0.25, 0.3) is 0 Å². The number of halogens is 1. The van der Waals surface area contributed by atoms with Gasteiger partial charge in [0.1, 0.15) is 0 Å². The molecule has 40 heavy (non-hydrogen) atoms. The molecule has 0 spiro atoms. The zero-order valence-corrected chi connectivity index (χ0v) is 23.7. The quantitative estimate of drug-likeness (QED) is 0.173. The van der Waals surface area contributed by atoms with E-state index in [1.165, 1.54) is 18.2 Å². The van der Waals surface area contributed by atoms with Crippen LogP contribution in [0.5, 0.6) is 0 Å². The van der Waals surface area contributed by atoms with Gasteiger partial charge < -0.3 is 5.11 Å². The third-order valence-electron chi connectivity index (χ3n) is 6.30. The predicted octanol–water partition coefficient (Wildman–Crippen LogP) is 5.58. The fourth-order valence-corrected chi connectivity index (χ4v) is 6.08. The summed E-state index contributed by atoms with van der Waals surface area (Å²) in [6, 6.07) is 31.7. The highest BCUT2D eigenvalue weighted by Crippen LogP contribution is 2.30. The van der Waals surface area contributed by atoms with Crippen molar-refractivity contribution in [2.75, 3.05) is 17.4 Å². The molecule has 4 rings (SSSR count). The number of nitro groups is 1. The van der Waals surface area contributed by atoms with Gasteiger partial charge in [-0.3, -0.25) is 19.3 Å². The number of hydrogen-bond donors (Lipinski definition) is 1. The average molecular weight is 582 g/mol. The number of hydrogen-bond acceptors (Lipinski definition) is 6. The van der Waals surface area contributed by atoms with Crippen molar-refractivity contribution in [3.63, 3.8) is 0 Å². The number of benzene rings is 4. The van der Waals surface area contributed by atoms with Gasteiger partial charge in [0, 0.05) is 25.7 Å². The Balaban J connectivity index is 0.00000441. The summed E-state index contributed by atoms with van der Waals surface area (Å²) in [4.78, 5) is 12.6. The van der Waals surface area contributed by atoms with E-state index in [2.05, 4.69) is 4.90 Å². The van der Waals surface area contributed by atoms with Crippen LogP contribution < -0.4 is 4.31 Å². The highest BCUT2D eigenvalue weighted by Gasteiger charge is 2.33. The first-order valence-electron chi connectivity index (χ1n) is 12.5. The van der Waals surface area contributed by atoms with Gasteiger partial charge in [0.2, 0.25) is 0 Å². The van der Waals surface area contributed by atoms with E-state index in [-0.39, 0.29) is 25.5 Å². The van der Waals surface area contributed by atoms with E-state index in [4.69, 9.17) is 0 Å². The second-order valence-corrected chi connectivity index (χ2v) is 11.2. The molecule has 0 aliphatic heterocycles. The Morgan fingerprint density at radius 3 is 1.80 bits per heavy atom. The number of sulfonamides is 1. The highest BCUT2D eigenvalue weighted by atomic mass is 35.5. The van der Waals surface area contributed by atoms with Gasteiger partial charge in [-0.05, 0) is 36.2 Å². The van der Waals surface area contributed by atoms with Crippen LogP contribution in [0.2, 0.25) is 0 Å². The molecular formula is C30H32ClN3O5S. The number of aliphatic hydroxyl groups is 1. The number of nitrogens with zero attached hydrogens (tertiary/aromatic N) is 3. The smallest absolute Gasteiger partial charge is 0.289 e. The van der Waals surface area contributed by atoms with Crippen molar-refractivity contribution in [2.24, 2.45) is 0 Å². The predicted molar refractivity (Wildman–Crippen MR) is 159 cm³/mol. The SMILES string of the molecule is Cc1ccc(N(CC(O)CN(Cc2ccccc2)Cc2ccccc2)S(=O)(=O)c2ccccc2[N+](=O)[O-])cc1.Cl. The Labute approximate surface area is 241 Å². The number of rotatable bonds is 12. The fraction of sp³-hybridized carbons (Fsp3) is 0.200. The second-order valence-electron chi connectivity index (χ2n) is 9.39. The van der Waals surface area contributed by atoms with Crippen LogP contribution in [0.1, 0.15) is 16.7 Å². The summed E-state index contributed by atoms with van der Waals surface area (Å²) >= 11 is 0. The molecule has 1 unspecified atom stereocenters. The maximum atomic E-state index is 13.8. The van der Waals surface area contributed by atoms with Crippen LogP contribution in [-0.2, 0) is 23.1 Å². The van der Waals surface area contributed by atoms with E-state index >= 15 is 0 Å². The third-order valence-corrected chi connectivity index (χ3v) is 8.14. The van der Waals surface area contributed by atoms with Crippen molar-refractivity contribution >= 4 is 33.8 Å². The minimum Gasteiger partial charge on any atom is -0.390 e. The van der Waals surface area contributed by atoms with E-state index in [0.717, 1.165) is 27.1 Å². The van der Waals surface area contributed by atoms with Gasteiger partial charge in [0.05, 0.1) is 23.3 Å². The lowest BCUT2D eigenvalue weighted by Crippen LogP contribution is -2.42. The number of para-hydroxylation sites is 1. The maximum absolute atomic E-state index is 13.8. The molecule has 4 aromatic carbocycles. The van der Waals surface area contributed by atoms with Gasteiger partial charge in [-0.1, -0.05) is 90.5 Å². The first-order chi connectivity index (χ1) is 18.7. The Kier molecular flexibility index (Phi) is 10.8. The number of anilines is 1. The van der Waals surface area contributed by atoms with E-state index in [1.807, 2.05) is 67.6 Å². The standard InChI is InChI=1S/C30H31N3O5S.ClH/c1-24-16-18-27(19-17-24)32(39(37,38)30-15-9-8-14-29(30)33(35)36)23-28(34)22-31(20-25-10-4-2-5-11-25)21-26-12-6-3-7-13-26;/h2-19,28,34H,20-23H2,1H3;1H.